The van der Waals surface area contributed by atoms with Crippen LogP contribution in [-0.4, -0.2) is 22.4 Å². The Hall–Kier alpha value is -2.22. The fourth-order valence-electron chi connectivity index (χ4n) is 1.61. The van der Waals surface area contributed by atoms with E-state index in [1.54, 1.807) is 19.1 Å². The Balaban J connectivity index is 2.45. The summed E-state index contributed by atoms with van der Waals surface area (Å²) >= 11 is 5.00. The molecule has 0 atom stereocenters. The molecule has 2 aromatic rings. The molecule has 0 fully saturated rings. The van der Waals surface area contributed by atoms with E-state index in [1.807, 2.05) is 0 Å². The van der Waals surface area contributed by atoms with Gasteiger partial charge in [-0.05, 0) is 31.3 Å². The molecule has 0 saturated heterocycles. The third kappa shape index (κ3) is 2.09. The number of aromatic amines is 1. The van der Waals surface area contributed by atoms with E-state index in [0.717, 1.165) is 0 Å². The monoisotopic (exact) mass is 267 g/mol. The number of nitrogens with one attached hydrogen (secondary N) is 2. The predicted octanol–water partition coefficient (Wildman–Crippen LogP) is 1.56. The Labute approximate surface area is 108 Å². The third-order valence-electron chi connectivity index (χ3n) is 2.38. The van der Waals surface area contributed by atoms with Crippen molar-refractivity contribution in [3.8, 4) is 0 Å². The number of imidazole rings is 1. The first-order chi connectivity index (χ1) is 8.52. The van der Waals surface area contributed by atoms with E-state index in [2.05, 4.69) is 10.3 Å². The molecule has 1 aromatic heterocycles. The normalized spacial score (nSPS) is 10.5. The molecule has 0 unspecified atom stereocenters. The highest BCUT2D eigenvalue weighted by Gasteiger charge is 2.09. The van der Waals surface area contributed by atoms with Crippen LogP contribution in [0.1, 0.15) is 6.92 Å². The lowest BCUT2D eigenvalue weighted by Gasteiger charge is -2.07. The number of nitrogens with two attached hydrogens (primary N) is 2. The number of hydrogen-bond donors (Lipinski definition) is 4. The van der Waals surface area contributed by atoms with Gasteiger partial charge in [0.2, 0.25) is 0 Å². The molecule has 0 aliphatic heterocycles. The summed E-state index contributed by atoms with van der Waals surface area (Å²) < 4.78 is 6.42. The van der Waals surface area contributed by atoms with E-state index < -0.39 is 6.09 Å². The van der Waals surface area contributed by atoms with Crippen LogP contribution < -0.4 is 16.9 Å². The van der Waals surface area contributed by atoms with E-state index in [1.165, 1.54) is 4.68 Å². The van der Waals surface area contributed by atoms with Crippen molar-refractivity contribution in [2.45, 2.75) is 6.92 Å². The lowest BCUT2D eigenvalue weighted by molar-refractivity contribution is 0.168. The van der Waals surface area contributed by atoms with Crippen molar-refractivity contribution in [2.24, 2.45) is 0 Å². The van der Waals surface area contributed by atoms with Gasteiger partial charge in [0, 0.05) is 5.69 Å². The number of fused-ring (bicyclic) bond motifs is 1. The second-order valence-corrected chi connectivity index (χ2v) is 3.99. The number of rotatable bonds is 2. The van der Waals surface area contributed by atoms with Gasteiger partial charge in [0.1, 0.15) is 0 Å². The number of nitrogen functional groups attached to an aromatic ring is 2. The van der Waals surface area contributed by atoms with Gasteiger partial charge in [0.25, 0.3) is 0 Å². The van der Waals surface area contributed by atoms with Gasteiger partial charge >= 0.3 is 6.09 Å². The molecule has 0 saturated carbocycles. The number of aromatic nitrogens is 2. The van der Waals surface area contributed by atoms with Gasteiger partial charge < -0.3 is 21.3 Å². The van der Waals surface area contributed by atoms with Gasteiger partial charge in [-0.3, -0.25) is 5.32 Å². The molecule has 1 amide bonds. The van der Waals surface area contributed by atoms with Crippen LogP contribution in [-0.2, 0) is 4.74 Å². The highest BCUT2D eigenvalue weighted by atomic mass is 32.1. The first kappa shape index (κ1) is 12.2. The highest BCUT2D eigenvalue weighted by molar-refractivity contribution is 7.71. The Bertz CT molecular complexity index is 660. The quantitative estimate of drug-likeness (QED) is 0.375. The number of nitrogens with zero attached hydrogens (tertiary/aromatic N) is 1. The van der Waals surface area contributed by atoms with Gasteiger partial charge in [-0.2, -0.15) is 0 Å². The van der Waals surface area contributed by atoms with Crippen molar-refractivity contribution >= 4 is 40.7 Å². The fraction of sp³-hybridized carbons (Fsp3) is 0.200. The molecule has 18 heavy (non-hydrogen) atoms. The van der Waals surface area contributed by atoms with Gasteiger partial charge in [-0.1, -0.05) is 0 Å². The summed E-state index contributed by atoms with van der Waals surface area (Å²) in [5.74, 6) is 5.75. The molecule has 2 rings (SSSR count). The molecule has 1 aromatic carbocycles. The number of hydrogen-bond acceptors (Lipinski definition) is 5. The summed E-state index contributed by atoms with van der Waals surface area (Å²) in [6.45, 7) is 2.02. The molecule has 0 bridgehead atoms. The van der Waals surface area contributed by atoms with E-state index in [4.69, 9.17) is 28.5 Å². The summed E-state index contributed by atoms with van der Waals surface area (Å²) in [4.78, 5) is 14.2. The molecule has 6 N–H and O–H groups in total. The van der Waals surface area contributed by atoms with Crippen molar-refractivity contribution in [3.05, 3.63) is 16.9 Å². The van der Waals surface area contributed by atoms with E-state index in [-0.39, 0.29) is 0 Å². The molecule has 0 aliphatic rings. The first-order valence-corrected chi connectivity index (χ1v) is 5.67. The minimum Gasteiger partial charge on any atom is -0.450 e. The third-order valence-corrected chi connectivity index (χ3v) is 2.68. The summed E-state index contributed by atoms with van der Waals surface area (Å²) in [5, 5.41) is 2.55. The number of carbonyl (C=O) groups is 1. The SMILES string of the molecule is CCOC(=O)Nc1cc(N)c2[nH]c(=S)n(N)c2c1. The van der Waals surface area contributed by atoms with Crippen LogP contribution in [0.15, 0.2) is 12.1 Å². The standard InChI is InChI=1S/C10H13N5O2S/c1-2-17-10(16)13-5-3-6(11)8-7(4-5)15(12)9(18)14-8/h3-4H,2,11-12H2,1H3,(H,13,16)(H,14,18). The maximum Gasteiger partial charge on any atom is 0.411 e. The van der Waals surface area contributed by atoms with E-state index in [0.29, 0.717) is 33.8 Å². The Morgan fingerprint density at radius 2 is 2.33 bits per heavy atom. The second-order valence-electron chi connectivity index (χ2n) is 3.61. The van der Waals surface area contributed by atoms with Crippen LogP contribution in [0.3, 0.4) is 0 Å². The van der Waals surface area contributed by atoms with Crippen LogP contribution in [0.5, 0.6) is 0 Å². The van der Waals surface area contributed by atoms with Crippen LogP contribution in [0.4, 0.5) is 16.2 Å². The molecule has 0 radical (unpaired) electrons. The summed E-state index contributed by atoms with van der Waals surface area (Å²) in [6.07, 6.45) is -0.547. The lowest BCUT2D eigenvalue weighted by Crippen LogP contribution is -2.14. The van der Waals surface area contributed by atoms with E-state index in [9.17, 15) is 4.79 Å². The minimum atomic E-state index is -0.547. The number of ether oxygens (including phenoxy) is 1. The average molecular weight is 267 g/mol. The van der Waals surface area contributed by atoms with Gasteiger partial charge in [-0.15, -0.1) is 0 Å². The summed E-state index contributed by atoms with van der Waals surface area (Å²) in [5.41, 5.74) is 8.02. The Kier molecular flexibility index (Phi) is 3.11. The number of benzene rings is 1. The molecular formula is C10H13N5O2S. The van der Waals surface area contributed by atoms with Gasteiger partial charge in [0.15, 0.2) is 4.77 Å². The van der Waals surface area contributed by atoms with Crippen molar-refractivity contribution in [2.75, 3.05) is 23.5 Å². The maximum atomic E-state index is 11.3. The Morgan fingerprint density at radius 1 is 1.61 bits per heavy atom. The highest BCUT2D eigenvalue weighted by Crippen LogP contribution is 2.24. The van der Waals surface area contributed by atoms with Crippen molar-refractivity contribution in [1.29, 1.82) is 0 Å². The maximum absolute atomic E-state index is 11.3. The first-order valence-electron chi connectivity index (χ1n) is 5.26. The Morgan fingerprint density at radius 3 is 3.00 bits per heavy atom. The average Bonchev–Trinajstić information content (AvgIpc) is 2.57. The van der Waals surface area contributed by atoms with Crippen molar-refractivity contribution in [1.82, 2.24) is 9.66 Å². The van der Waals surface area contributed by atoms with Gasteiger partial charge in [-0.25, -0.2) is 9.47 Å². The van der Waals surface area contributed by atoms with Gasteiger partial charge in [0.05, 0.1) is 23.3 Å². The fourth-order valence-corrected chi connectivity index (χ4v) is 1.81. The second kappa shape index (κ2) is 4.57. The minimum absolute atomic E-state index is 0.293. The predicted molar refractivity (Wildman–Crippen MR) is 72.3 cm³/mol. The molecular weight excluding hydrogens is 254 g/mol. The molecule has 7 nitrogen and oxygen atoms in total. The zero-order valence-electron chi connectivity index (χ0n) is 9.69. The zero-order valence-corrected chi connectivity index (χ0v) is 10.5. The number of amides is 1. The zero-order chi connectivity index (χ0) is 13.3. The largest absolute Gasteiger partial charge is 0.450 e. The lowest BCUT2D eigenvalue weighted by atomic mass is 10.2. The summed E-state index contributed by atoms with van der Waals surface area (Å²) in [6, 6.07) is 3.26. The smallest absolute Gasteiger partial charge is 0.411 e. The van der Waals surface area contributed by atoms with Crippen molar-refractivity contribution < 1.29 is 9.53 Å². The van der Waals surface area contributed by atoms with E-state index >= 15 is 0 Å². The number of carbonyl (C=O) groups excluding carboxylic acids is 1. The molecule has 0 spiro atoms. The van der Waals surface area contributed by atoms with Crippen LogP contribution in [0.25, 0.3) is 11.0 Å². The number of anilines is 2. The van der Waals surface area contributed by atoms with Crippen molar-refractivity contribution in [3.63, 3.8) is 0 Å². The van der Waals surface area contributed by atoms with Crippen LogP contribution >= 0.6 is 12.2 Å². The number of H-pyrrole nitrogens is 1. The molecule has 0 aliphatic carbocycles. The van der Waals surface area contributed by atoms with Crippen LogP contribution in [0.2, 0.25) is 0 Å². The summed E-state index contributed by atoms with van der Waals surface area (Å²) in [7, 11) is 0. The molecule has 1 heterocycles. The molecule has 96 valence electrons. The topological polar surface area (TPSA) is 111 Å². The van der Waals surface area contributed by atoms with Crippen LogP contribution in [0, 0.1) is 4.77 Å². The molecule has 8 heteroatoms.